The Balaban J connectivity index is 1.70. The lowest BCUT2D eigenvalue weighted by molar-refractivity contribution is 0.0754. The Morgan fingerprint density at radius 2 is 2.00 bits per heavy atom. The van der Waals surface area contributed by atoms with Gasteiger partial charge in [-0.3, -0.25) is 4.79 Å². The van der Waals surface area contributed by atoms with E-state index in [0.29, 0.717) is 6.04 Å². The van der Waals surface area contributed by atoms with Crippen molar-refractivity contribution in [1.82, 2.24) is 9.80 Å². The van der Waals surface area contributed by atoms with Crippen LogP contribution in [-0.4, -0.2) is 48.4 Å². The summed E-state index contributed by atoms with van der Waals surface area (Å²) in [6.45, 7) is 5.10. The first-order chi connectivity index (χ1) is 11.2. The number of carbonyl (C=O) groups is 1. The third-order valence-electron chi connectivity index (χ3n) is 4.78. The highest BCUT2D eigenvalue weighted by Gasteiger charge is 2.33. The van der Waals surface area contributed by atoms with E-state index in [-0.39, 0.29) is 5.91 Å². The van der Waals surface area contributed by atoms with Gasteiger partial charge in [-0.1, -0.05) is 31.6 Å². The first-order valence-electron chi connectivity index (χ1n) is 8.93. The van der Waals surface area contributed by atoms with Gasteiger partial charge in [0.25, 0.3) is 5.91 Å². The summed E-state index contributed by atoms with van der Waals surface area (Å²) < 4.78 is 0. The van der Waals surface area contributed by atoms with Gasteiger partial charge in [-0.25, -0.2) is 0 Å². The molecule has 3 rings (SSSR count). The Kier molecular flexibility index (Phi) is 5.16. The highest BCUT2D eigenvalue weighted by atomic mass is 16.2. The highest BCUT2D eigenvalue weighted by Crippen LogP contribution is 2.29. The Morgan fingerprint density at radius 1 is 1.26 bits per heavy atom. The van der Waals surface area contributed by atoms with Crippen molar-refractivity contribution in [3.05, 3.63) is 47.0 Å². The summed E-state index contributed by atoms with van der Waals surface area (Å²) in [7, 11) is 2.16. The fourth-order valence-corrected chi connectivity index (χ4v) is 3.33. The number of benzene rings is 1. The topological polar surface area (TPSA) is 23.6 Å². The Hall–Kier alpha value is -1.61. The minimum Gasteiger partial charge on any atom is -0.332 e. The van der Waals surface area contributed by atoms with E-state index >= 15 is 0 Å². The van der Waals surface area contributed by atoms with E-state index in [1.54, 1.807) is 0 Å². The zero-order valence-electron chi connectivity index (χ0n) is 14.4. The van der Waals surface area contributed by atoms with Gasteiger partial charge in [-0.2, -0.15) is 0 Å². The molecule has 124 valence electrons. The van der Waals surface area contributed by atoms with Crippen LogP contribution in [0.15, 0.2) is 35.9 Å². The summed E-state index contributed by atoms with van der Waals surface area (Å²) >= 11 is 0. The smallest absolute Gasteiger partial charge is 0.254 e. The van der Waals surface area contributed by atoms with Crippen LogP contribution in [0.2, 0.25) is 0 Å². The molecule has 1 fully saturated rings. The first kappa shape index (κ1) is 16.3. The third kappa shape index (κ3) is 4.23. The lowest BCUT2D eigenvalue weighted by atomic mass is 10.1. The highest BCUT2D eigenvalue weighted by molar-refractivity contribution is 5.94. The number of rotatable bonds is 6. The van der Waals surface area contributed by atoms with Gasteiger partial charge in [0.1, 0.15) is 0 Å². The normalized spacial score (nSPS) is 18.6. The quantitative estimate of drug-likeness (QED) is 0.751. The maximum absolute atomic E-state index is 12.9. The lowest BCUT2D eigenvalue weighted by Gasteiger charge is -2.29. The molecule has 1 saturated carbocycles. The number of carbonyl (C=O) groups excluding carboxylic acids is 1. The molecule has 3 heteroatoms. The van der Waals surface area contributed by atoms with Crippen LogP contribution in [0, 0.1) is 0 Å². The Bertz CT molecular complexity index is 572. The van der Waals surface area contributed by atoms with Gasteiger partial charge < -0.3 is 9.80 Å². The third-order valence-corrected chi connectivity index (χ3v) is 4.78. The minimum atomic E-state index is 0.199. The van der Waals surface area contributed by atoms with Crippen molar-refractivity contribution >= 4 is 5.91 Å². The zero-order valence-corrected chi connectivity index (χ0v) is 14.4. The van der Waals surface area contributed by atoms with Crippen molar-refractivity contribution in [2.75, 3.05) is 26.7 Å². The summed E-state index contributed by atoms with van der Waals surface area (Å²) in [6, 6.07) is 8.67. The molecular formula is C20H28N2O. The molecule has 3 nitrogen and oxygen atoms in total. The van der Waals surface area contributed by atoms with Crippen molar-refractivity contribution in [3.8, 4) is 0 Å². The van der Waals surface area contributed by atoms with Gasteiger partial charge in [0.05, 0.1) is 0 Å². The fourth-order valence-electron chi connectivity index (χ4n) is 3.33. The Morgan fingerprint density at radius 3 is 2.61 bits per heavy atom. The molecule has 2 aliphatic rings. The molecule has 0 saturated heterocycles. The van der Waals surface area contributed by atoms with Gasteiger partial charge in [-0.05, 0) is 56.0 Å². The van der Waals surface area contributed by atoms with E-state index in [9.17, 15) is 4.79 Å². The predicted octanol–water partition coefficient (Wildman–Crippen LogP) is 3.51. The van der Waals surface area contributed by atoms with E-state index in [1.807, 2.05) is 12.1 Å². The number of nitrogens with zero attached hydrogens (tertiary/aromatic N) is 2. The van der Waals surface area contributed by atoms with E-state index < -0.39 is 0 Å². The monoisotopic (exact) mass is 312 g/mol. The standard InChI is InChI=1S/C20H28N2O/c1-3-5-16-7-9-18(10-8-16)20(23)22(19-11-12-19)15-17-6-4-13-21(2)14-17/h6-10,19H,3-5,11-15H2,1-2H3. The molecule has 0 bridgehead atoms. The molecule has 0 N–H and O–H groups in total. The molecule has 0 spiro atoms. The molecule has 1 heterocycles. The van der Waals surface area contributed by atoms with Crippen LogP contribution >= 0.6 is 0 Å². The van der Waals surface area contributed by atoms with Gasteiger partial charge in [0.15, 0.2) is 0 Å². The second-order valence-electron chi connectivity index (χ2n) is 7.00. The van der Waals surface area contributed by atoms with Gasteiger partial charge in [0.2, 0.25) is 0 Å². The maximum atomic E-state index is 12.9. The van der Waals surface area contributed by atoms with Crippen molar-refractivity contribution < 1.29 is 4.79 Å². The lowest BCUT2D eigenvalue weighted by Crippen LogP contribution is -2.38. The number of hydrogen-bond donors (Lipinski definition) is 0. The molecule has 0 radical (unpaired) electrons. The number of hydrogen-bond acceptors (Lipinski definition) is 2. The molecule has 1 aromatic carbocycles. The summed E-state index contributed by atoms with van der Waals surface area (Å²) in [5.41, 5.74) is 3.54. The van der Waals surface area contributed by atoms with Crippen molar-refractivity contribution in [1.29, 1.82) is 0 Å². The molecule has 1 aliphatic heterocycles. The van der Waals surface area contributed by atoms with Gasteiger partial charge >= 0.3 is 0 Å². The molecule has 1 aliphatic carbocycles. The fraction of sp³-hybridized carbons (Fsp3) is 0.550. The molecule has 0 atom stereocenters. The summed E-state index contributed by atoms with van der Waals surface area (Å²) in [6.07, 6.45) is 7.96. The van der Waals surface area contributed by atoms with E-state index in [2.05, 4.69) is 42.0 Å². The van der Waals surface area contributed by atoms with Gasteiger partial charge in [-0.15, -0.1) is 0 Å². The molecule has 0 unspecified atom stereocenters. The van der Waals surface area contributed by atoms with Crippen LogP contribution in [0.5, 0.6) is 0 Å². The van der Waals surface area contributed by atoms with Crippen LogP contribution in [0.1, 0.15) is 48.5 Å². The molecular weight excluding hydrogens is 284 g/mol. The summed E-state index contributed by atoms with van der Waals surface area (Å²) in [5.74, 6) is 0.199. The second kappa shape index (κ2) is 7.31. The number of aryl methyl sites for hydroxylation is 1. The average Bonchev–Trinajstić information content (AvgIpc) is 3.38. The maximum Gasteiger partial charge on any atom is 0.254 e. The van der Waals surface area contributed by atoms with Crippen LogP contribution in [-0.2, 0) is 6.42 Å². The summed E-state index contributed by atoms with van der Waals surface area (Å²) in [4.78, 5) is 17.4. The Labute approximate surface area is 140 Å². The molecule has 1 amide bonds. The van der Waals surface area contributed by atoms with Crippen LogP contribution < -0.4 is 0 Å². The minimum absolute atomic E-state index is 0.199. The van der Waals surface area contributed by atoms with Crippen LogP contribution in [0.25, 0.3) is 0 Å². The van der Waals surface area contributed by atoms with E-state index in [1.165, 1.54) is 11.1 Å². The SMILES string of the molecule is CCCc1ccc(C(=O)N(CC2=CCCN(C)C2)C2CC2)cc1. The number of amides is 1. The van der Waals surface area contributed by atoms with Crippen molar-refractivity contribution in [2.45, 2.75) is 45.1 Å². The second-order valence-corrected chi connectivity index (χ2v) is 7.00. The van der Waals surface area contributed by atoms with Crippen molar-refractivity contribution in [3.63, 3.8) is 0 Å². The zero-order chi connectivity index (χ0) is 16.2. The van der Waals surface area contributed by atoms with Crippen LogP contribution in [0.4, 0.5) is 0 Å². The number of likely N-dealkylation sites (N-methyl/N-ethyl adjacent to an activating group) is 1. The molecule has 23 heavy (non-hydrogen) atoms. The molecule has 0 aromatic heterocycles. The summed E-state index contributed by atoms with van der Waals surface area (Å²) in [5, 5.41) is 0. The van der Waals surface area contributed by atoms with Crippen molar-refractivity contribution in [2.24, 2.45) is 0 Å². The molecule has 1 aromatic rings. The first-order valence-corrected chi connectivity index (χ1v) is 8.93. The van der Waals surface area contributed by atoms with E-state index in [0.717, 1.165) is 57.3 Å². The predicted molar refractivity (Wildman–Crippen MR) is 94.7 cm³/mol. The largest absolute Gasteiger partial charge is 0.332 e. The van der Waals surface area contributed by atoms with Crippen LogP contribution in [0.3, 0.4) is 0 Å². The van der Waals surface area contributed by atoms with Gasteiger partial charge in [0, 0.05) is 31.2 Å². The average molecular weight is 312 g/mol. The van der Waals surface area contributed by atoms with E-state index in [4.69, 9.17) is 0 Å².